The Kier molecular flexibility index (Phi) is 10.4. The van der Waals surface area contributed by atoms with Crippen molar-refractivity contribution in [1.29, 1.82) is 0 Å². The molecule has 0 bridgehead atoms. The van der Waals surface area contributed by atoms with Gasteiger partial charge in [0.1, 0.15) is 5.75 Å². The third-order valence-corrected chi connectivity index (χ3v) is 2.44. The quantitative estimate of drug-likeness (QED) is 0.905. The molecule has 0 aliphatic rings. The molecule has 0 aliphatic heterocycles. The van der Waals surface area contributed by atoms with E-state index >= 15 is 0 Å². The number of nitrogens with zero attached hydrogens (tertiary/aromatic N) is 2. The molecule has 0 saturated carbocycles. The Hall–Kier alpha value is -0.510. The molecule has 1 N–H and O–H groups in total. The molecule has 18 heavy (non-hydrogen) atoms. The summed E-state index contributed by atoms with van der Waals surface area (Å²) in [6.07, 6.45) is 1.91. The predicted octanol–water partition coefficient (Wildman–Crippen LogP) is 3.28. The normalized spacial score (nSPS) is 10.1. The Bertz CT molecular complexity index is 344. The molecular weight excluding hydrogens is 271 g/mol. The van der Waals surface area contributed by atoms with Crippen LogP contribution in [0, 0.1) is 5.92 Å². The zero-order valence-electron chi connectivity index (χ0n) is 11.5. The van der Waals surface area contributed by atoms with Crippen LogP contribution in [-0.4, -0.2) is 29.1 Å². The average Bonchev–Trinajstić information content (AvgIpc) is 2.18. The number of hydrogen-bond donors (Lipinski definition) is 1. The van der Waals surface area contributed by atoms with Gasteiger partial charge in [-0.05, 0) is 45.0 Å². The van der Waals surface area contributed by atoms with Crippen molar-refractivity contribution in [2.45, 2.75) is 33.2 Å². The highest BCUT2D eigenvalue weighted by atomic mass is 35.5. The van der Waals surface area contributed by atoms with Crippen molar-refractivity contribution in [3.63, 3.8) is 0 Å². The molecule has 1 heterocycles. The fourth-order valence-corrected chi connectivity index (χ4v) is 1.56. The minimum atomic E-state index is 0. The monoisotopic (exact) mass is 294 g/mol. The fourth-order valence-electron chi connectivity index (χ4n) is 1.56. The van der Waals surface area contributed by atoms with Crippen LogP contribution in [0.15, 0.2) is 12.1 Å². The summed E-state index contributed by atoms with van der Waals surface area (Å²) in [7, 11) is 4.03. The third kappa shape index (κ3) is 7.04. The van der Waals surface area contributed by atoms with Gasteiger partial charge in [-0.25, -0.2) is 0 Å². The standard InChI is InChI=1S/C13H22N2O.2ClH/c1-10(2)5-7-12-13(16)8-6-11(14-12)9-15(3)4;;/h6,8,10,16H,5,7,9H2,1-4H3;2*1H. The van der Waals surface area contributed by atoms with Crippen LogP contribution < -0.4 is 0 Å². The van der Waals surface area contributed by atoms with Crippen molar-refractivity contribution in [3.05, 3.63) is 23.5 Å². The minimum Gasteiger partial charge on any atom is -0.506 e. The van der Waals surface area contributed by atoms with Crippen LogP contribution in [-0.2, 0) is 13.0 Å². The molecule has 0 amide bonds. The van der Waals surface area contributed by atoms with Crippen LogP contribution in [0.2, 0.25) is 0 Å². The third-order valence-electron chi connectivity index (χ3n) is 2.44. The molecule has 5 heteroatoms. The second-order valence-electron chi connectivity index (χ2n) is 4.94. The summed E-state index contributed by atoms with van der Waals surface area (Å²) in [6.45, 7) is 5.18. The van der Waals surface area contributed by atoms with Gasteiger partial charge in [-0.15, -0.1) is 24.8 Å². The average molecular weight is 295 g/mol. The molecule has 1 aromatic rings. The summed E-state index contributed by atoms with van der Waals surface area (Å²) in [5, 5.41) is 9.71. The highest BCUT2D eigenvalue weighted by Crippen LogP contribution is 2.18. The number of pyridine rings is 1. The van der Waals surface area contributed by atoms with E-state index in [1.807, 2.05) is 20.2 Å². The Morgan fingerprint density at radius 1 is 1.22 bits per heavy atom. The van der Waals surface area contributed by atoms with Gasteiger partial charge in [-0.3, -0.25) is 4.98 Å². The highest BCUT2D eigenvalue weighted by molar-refractivity contribution is 5.85. The molecule has 0 unspecified atom stereocenters. The van der Waals surface area contributed by atoms with Gasteiger partial charge in [0.2, 0.25) is 0 Å². The Labute approximate surface area is 122 Å². The van der Waals surface area contributed by atoms with Gasteiger partial charge < -0.3 is 10.0 Å². The van der Waals surface area contributed by atoms with Gasteiger partial charge in [0.05, 0.1) is 11.4 Å². The van der Waals surface area contributed by atoms with E-state index in [1.54, 1.807) is 6.07 Å². The summed E-state index contributed by atoms with van der Waals surface area (Å²) in [5.74, 6) is 0.960. The lowest BCUT2D eigenvalue weighted by Crippen LogP contribution is -2.12. The van der Waals surface area contributed by atoms with E-state index in [0.717, 1.165) is 30.8 Å². The summed E-state index contributed by atoms with van der Waals surface area (Å²) in [4.78, 5) is 6.57. The first-order valence-corrected chi connectivity index (χ1v) is 5.81. The maximum absolute atomic E-state index is 9.71. The van der Waals surface area contributed by atoms with Crippen molar-refractivity contribution >= 4 is 24.8 Å². The number of rotatable bonds is 5. The zero-order valence-corrected chi connectivity index (χ0v) is 13.1. The van der Waals surface area contributed by atoms with E-state index in [9.17, 15) is 5.11 Å². The van der Waals surface area contributed by atoms with Gasteiger partial charge in [0.25, 0.3) is 0 Å². The van der Waals surface area contributed by atoms with Crippen molar-refractivity contribution < 1.29 is 5.11 Å². The van der Waals surface area contributed by atoms with Gasteiger partial charge in [0, 0.05) is 6.54 Å². The van der Waals surface area contributed by atoms with Gasteiger partial charge >= 0.3 is 0 Å². The van der Waals surface area contributed by atoms with Gasteiger partial charge in [-0.2, -0.15) is 0 Å². The molecule has 3 nitrogen and oxygen atoms in total. The molecule has 1 aromatic heterocycles. The van der Waals surface area contributed by atoms with Crippen LogP contribution in [0.3, 0.4) is 0 Å². The lowest BCUT2D eigenvalue weighted by atomic mass is 10.1. The summed E-state index contributed by atoms with van der Waals surface area (Å²) < 4.78 is 0. The van der Waals surface area contributed by atoms with Crippen LogP contribution in [0.1, 0.15) is 31.7 Å². The van der Waals surface area contributed by atoms with Crippen molar-refractivity contribution in [3.8, 4) is 5.75 Å². The van der Waals surface area contributed by atoms with Crippen LogP contribution in [0.4, 0.5) is 0 Å². The smallest absolute Gasteiger partial charge is 0.137 e. The van der Waals surface area contributed by atoms with Crippen LogP contribution in [0.25, 0.3) is 0 Å². The summed E-state index contributed by atoms with van der Waals surface area (Å²) >= 11 is 0. The number of aromatic hydroxyl groups is 1. The molecule has 0 radical (unpaired) electrons. The first-order valence-electron chi connectivity index (χ1n) is 5.81. The Morgan fingerprint density at radius 2 is 1.83 bits per heavy atom. The van der Waals surface area contributed by atoms with E-state index in [-0.39, 0.29) is 24.8 Å². The Morgan fingerprint density at radius 3 is 2.33 bits per heavy atom. The number of aryl methyl sites for hydroxylation is 1. The highest BCUT2D eigenvalue weighted by Gasteiger charge is 2.06. The lowest BCUT2D eigenvalue weighted by molar-refractivity contribution is 0.393. The number of hydrogen-bond acceptors (Lipinski definition) is 3. The second kappa shape index (κ2) is 9.42. The van der Waals surface area contributed by atoms with Crippen molar-refractivity contribution in [2.24, 2.45) is 5.92 Å². The van der Waals surface area contributed by atoms with E-state index in [2.05, 4.69) is 23.7 Å². The summed E-state index contributed by atoms with van der Waals surface area (Å²) in [5.41, 5.74) is 1.84. The molecule has 0 aliphatic carbocycles. The topological polar surface area (TPSA) is 36.4 Å². The van der Waals surface area contributed by atoms with Crippen molar-refractivity contribution in [1.82, 2.24) is 9.88 Å². The first-order chi connectivity index (χ1) is 7.49. The first kappa shape index (κ1) is 19.8. The SMILES string of the molecule is CC(C)CCc1nc(CN(C)C)ccc1O.Cl.Cl. The van der Waals surface area contributed by atoms with E-state index < -0.39 is 0 Å². The molecule has 1 rings (SSSR count). The molecule has 0 spiro atoms. The predicted molar refractivity (Wildman–Crippen MR) is 80.9 cm³/mol. The molecule has 0 atom stereocenters. The molecule has 0 fully saturated rings. The largest absolute Gasteiger partial charge is 0.506 e. The molecule has 0 aromatic carbocycles. The number of aromatic nitrogens is 1. The number of halogens is 2. The van der Waals surface area contributed by atoms with E-state index in [4.69, 9.17) is 0 Å². The lowest BCUT2D eigenvalue weighted by Gasteiger charge is -2.11. The van der Waals surface area contributed by atoms with Crippen LogP contribution in [0.5, 0.6) is 5.75 Å². The fraction of sp³-hybridized carbons (Fsp3) is 0.615. The minimum absolute atomic E-state index is 0. The van der Waals surface area contributed by atoms with Gasteiger partial charge in [0.15, 0.2) is 0 Å². The molecule has 106 valence electrons. The summed E-state index contributed by atoms with van der Waals surface area (Å²) in [6, 6.07) is 3.63. The molecular formula is C13H24Cl2N2O. The molecule has 0 saturated heterocycles. The maximum Gasteiger partial charge on any atom is 0.137 e. The maximum atomic E-state index is 9.71. The zero-order chi connectivity index (χ0) is 12.1. The van der Waals surface area contributed by atoms with Crippen LogP contribution >= 0.6 is 24.8 Å². The van der Waals surface area contributed by atoms with Crippen molar-refractivity contribution in [2.75, 3.05) is 14.1 Å². The van der Waals surface area contributed by atoms with E-state index in [1.165, 1.54) is 0 Å². The second-order valence-corrected chi connectivity index (χ2v) is 4.94. The van der Waals surface area contributed by atoms with E-state index in [0.29, 0.717) is 11.7 Å². The van der Waals surface area contributed by atoms with Gasteiger partial charge in [-0.1, -0.05) is 13.8 Å². The Balaban J connectivity index is 0.